The Balaban J connectivity index is 2.40. The normalized spacial score (nSPS) is 21.1. The second-order valence-corrected chi connectivity index (χ2v) is 4.49. The van der Waals surface area contributed by atoms with Crippen molar-refractivity contribution in [1.29, 1.82) is 0 Å². The zero-order chi connectivity index (χ0) is 14.8. The molecule has 1 aliphatic rings. The third-order valence-corrected chi connectivity index (χ3v) is 3.38. The van der Waals surface area contributed by atoms with Crippen LogP contribution in [-0.4, -0.2) is 23.9 Å². The van der Waals surface area contributed by atoms with Crippen molar-refractivity contribution in [2.75, 3.05) is 7.11 Å². The van der Waals surface area contributed by atoms with Crippen LogP contribution < -0.4 is 16.2 Å². The van der Waals surface area contributed by atoms with Gasteiger partial charge in [-0.15, -0.1) is 0 Å². The molecule has 20 heavy (non-hydrogen) atoms. The van der Waals surface area contributed by atoms with Gasteiger partial charge >= 0.3 is 0 Å². The van der Waals surface area contributed by atoms with Crippen molar-refractivity contribution in [3.05, 3.63) is 47.7 Å². The van der Waals surface area contributed by atoms with Crippen LogP contribution in [0, 0.1) is 0 Å². The third-order valence-electron chi connectivity index (χ3n) is 3.38. The number of amides is 2. The number of rotatable bonds is 4. The fraction of sp³-hybridized carbons (Fsp3) is 0.214. The van der Waals surface area contributed by atoms with Crippen LogP contribution in [0.3, 0.4) is 0 Å². The Kier molecular flexibility index (Phi) is 3.56. The van der Waals surface area contributed by atoms with Crippen molar-refractivity contribution in [1.82, 2.24) is 4.98 Å². The number of methoxy groups -OCH3 is 1. The Morgan fingerprint density at radius 2 is 2.10 bits per heavy atom. The number of carbonyl (C=O) groups is 2. The highest BCUT2D eigenvalue weighted by Gasteiger charge is 2.37. The summed E-state index contributed by atoms with van der Waals surface area (Å²) in [5.74, 6) is -0.603. The van der Waals surface area contributed by atoms with E-state index >= 15 is 0 Å². The summed E-state index contributed by atoms with van der Waals surface area (Å²) in [6.45, 7) is 0. The van der Waals surface area contributed by atoms with Crippen molar-refractivity contribution in [3.8, 4) is 5.88 Å². The number of hydrogen-bond donors (Lipinski definition) is 2. The molecule has 6 nitrogen and oxygen atoms in total. The van der Waals surface area contributed by atoms with E-state index in [1.165, 1.54) is 19.4 Å². The van der Waals surface area contributed by atoms with Crippen LogP contribution in [0.4, 0.5) is 0 Å². The lowest BCUT2D eigenvalue weighted by Gasteiger charge is -2.29. The summed E-state index contributed by atoms with van der Waals surface area (Å²) in [6.07, 6.45) is 6.53. The Morgan fingerprint density at radius 3 is 2.50 bits per heavy atom. The van der Waals surface area contributed by atoms with Gasteiger partial charge in [-0.1, -0.05) is 24.3 Å². The van der Waals surface area contributed by atoms with E-state index in [-0.39, 0.29) is 6.42 Å². The lowest BCUT2D eigenvalue weighted by atomic mass is 9.74. The summed E-state index contributed by atoms with van der Waals surface area (Å²) in [4.78, 5) is 27.1. The highest BCUT2D eigenvalue weighted by Crippen LogP contribution is 2.34. The van der Waals surface area contributed by atoms with Gasteiger partial charge in [-0.05, 0) is 12.0 Å². The molecule has 1 aromatic rings. The number of ether oxygens (including phenoxy) is 1. The van der Waals surface area contributed by atoms with Crippen molar-refractivity contribution < 1.29 is 14.3 Å². The van der Waals surface area contributed by atoms with Crippen LogP contribution in [-0.2, 0) is 15.0 Å². The van der Waals surface area contributed by atoms with Crippen molar-refractivity contribution >= 4 is 11.8 Å². The quantitative estimate of drug-likeness (QED) is 0.815. The number of carbonyl (C=O) groups excluding carboxylic acids is 2. The van der Waals surface area contributed by atoms with E-state index in [0.29, 0.717) is 17.0 Å². The molecule has 6 heteroatoms. The van der Waals surface area contributed by atoms with Crippen LogP contribution in [0.5, 0.6) is 5.88 Å². The Morgan fingerprint density at radius 1 is 1.35 bits per heavy atom. The predicted octanol–water partition coefficient (Wildman–Crippen LogP) is 0.185. The largest absolute Gasteiger partial charge is 0.481 e. The fourth-order valence-electron chi connectivity index (χ4n) is 2.13. The Bertz CT molecular complexity index is 605. The van der Waals surface area contributed by atoms with Gasteiger partial charge in [0.1, 0.15) is 0 Å². The zero-order valence-corrected chi connectivity index (χ0v) is 11.0. The summed E-state index contributed by atoms with van der Waals surface area (Å²) in [6, 6.07) is 3.38. The van der Waals surface area contributed by atoms with Gasteiger partial charge in [0.15, 0.2) is 0 Å². The van der Waals surface area contributed by atoms with Crippen molar-refractivity contribution in [2.45, 2.75) is 11.8 Å². The molecule has 0 saturated heterocycles. The van der Waals surface area contributed by atoms with Crippen LogP contribution in [0.2, 0.25) is 0 Å². The second kappa shape index (κ2) is 5.16. The highest BCUT2D eigenvalue weighted by molar-refractivity contribution is 5.97. The molecule has 104 valence electrons. The van der Waals surface area contributed by atoms with E-state index < -0.39 is 17.2 Å². The van der Waals surface area contributed by atoms with Gasteiger partial charge in [-0.25, -0.2) is 4.98 Å². The minimum absolute atomic E-state index is 0.269. The molecule has 4 N–H and O–H groups in total. The van der Waals surface area contributed by atoms with E-state index in [2.05, 4.69) is 4.98 Å². The molecule has 1 atom stereocenters. The molecule has 0 radical (unpaired) electrons. The summed E-state index contributed by atoms with van der Waals surface area (Å²) in [5, 5.41) is 0. The van der Waals surface area contributed by atoms with Gasteiger partial charge < -0.3 is 16.2 Å². The van der Waals surface area contributed by atoms with Gasteiger partial charge in [0.05, 0.1) is 12.5 Å². The highest BCUT2D eigenvalue weighted by atomic mass is 16.5. The molecule has 2 amide bonds. The predicted molar refractivity (Wildman–Crippen MR) is 72.7 cm³/mol. The molecule has 0 spiro atoms. The lowest BCUT2D eigenvalue weighted by Crippen LogP contribution is -2.40. The fourth-order valence-corrected chi connectivity index (χ4v) is 2.13. The first-order chi connectivity index (χ1) is 9.49. The summed E-state index contributed by atoms with van der Waals surface area (Å²) < 4.78 is 4.98. The first-order valence-corrected chi connectivity index (χ1v) is 5.99. The van der Waals surface area contributed by atoms with Crippen LogP contribution in [0.15, 0.2) is 42.1 Å². The molecular formula is C14H15N3O3. The van der Waals surface area contributed by atoms with E-state index in [0.717, 1.165) is 0 Å². The third kappa shape index (κ3) is 2.27. The monoisotopic (exact) mass is 273 g/mol. The molecule has 0 aliphatic heterocycles. The topological polar surface area (TPSA) is 108 Å². The second-order valence-electron chi connectivity index (χ2n) is 4.49. The van der Waals surface area contributed by atoms with Gasteiger partial charge in [0, 0.05) is 17.8 Å². The van der Waals surface area contributed by atoms with Crippen molar-refractivity contribution in [2.24, 2.45) is 11.5 Å². The summed E-state index contributed by atoms with van der Waals surface area (Å²) in [5.41, 5.74) is 10.7. The molecule has 0 fully saturated rings. The number of nitrogens with two attached hydrogens (primary N) is 2. The van der Waals surface area contributed by atoms with Crippen LogP contribution in [0.1, 0.15) is 12.0 Å². The molecule has 2 rings (SSSR count). The molecule has 1 heterocycles. The zero-order valence-electron chi connectivity index (χ0n) is 11.0. The molecule has 1 aliphatic carbocycles. The molecule has 1 unspecified atom stereocenters. The standard InChI is InChI=1S/C14H15N3O3/c1-20-11-3-2-10(8-17-11)14(13(16)19)6-4-9(5-7-14)12(15)18/h2-6,8H,7H2,1H3,(H2,15,18)(H2,16,19). The maximum Gasteiger partial charge on any atom is 0.248 e. The molecule has 0 bridgehead atoms. The minimum Gasteiger partial charge on any atom is -0.481 e. The molecular weight excluding hydrogens is 258 g/mol. The van der Waals surface area contributed by atoms with Gasteiger partial charge in [-0.3, -0.25) is 9.59 Å². The van der Waals surface area contributed by atoms with Gasteiger partial charge in [0.2, 0.25) is 17.7 Å². The average Bonchev–Trinajstić information content (AvgIpc) is 2.47. The maximum atomic E-state index is 11.9. The number of hydrogen-bond acceptors (Lipinski definition) is 4. The van der Waals surface area contributed by atoms with E-state index in [1.807, 2.05) is 0 Å². The minimum atomic E-state index is -1.02. The van der Waals surface area contributed by atoms with E-state index in [9.17, 15) is 9.59 Å². The average molecular weight is 273 g/mol. The van der Waals surface area contributed by atoms with E-state index in [1.54, 1.807) is 24.3 Å². The molecule has 1 aromatic heterocycles. The Hall–Kier alpha value is -2.63. The number of primary amides is 2. The van der Waals surface area contributed by atoms with Crippen LogP contribution >= 0.6 is 0 Å². The van der Waals surface area contributed by atoms with Gasteiger partial charge in [0.25, 0.3) is 0 Å². The number of pyridine rings is 1. The van der Waals surface area contributed by atoms with Crippen LogP contribution in [0.25, 0.3) is 0 Å². The molecule has 0 aromatic carbocycles. The number of nitrogens with zero attached hydrogens (tertiary/aromatic N) is 1. The first-order valence-electron chi connectivity index (χ1n) is 5.99. The smallest absolute Gasteiger partial charge is 0.248 e. The van der Waals surface area contributed by atoms with Gasteiger partial charge in [-0.2, -0.15) is 0 Å². The van der Waals surface area contributed by atoms with Crippen molar-refractivity contribution in [3.63, 3.8) is 0 Å². The number of aromatic nitrogens is 1. The Labute approximate surface area is 116 Å². The SMILES string of the molecule is COc1ccc(C2(C(N)=O)C=CC(C(N)=O)=CC2)cn1. The van der Waals surface area contributed by atoms with E-state index in [4.69, 9.17) is 16.2 Å². The maximum absolute atomic E-state index is 11.9. The molecule has 0 saturated carbocycles. The summed E-state index contributed by atoms with van der Waals surface area (Å²) >= 11 is 0. The number of allylic oxidation sites excluding steroid dienone is 1. The lowest BCUT2D eigenvalue weighted by molar-refractivity contribution is -0.122. The first kappa shape index (κ1) is 13.8. The summed E-state index contributed by atoms with van der Waals surface area (Å²) in [7, 11) is 1.51.